The van der Waals surface area contributed by atoms with Crippen molar-refractivity contribution in [3.05, 3.63) is 132 Å². The fraction of sp³-hybridized carbons (Fsp3) is 0.200. The van der Waals surface area contributed by atoms with Gasteiger partial charge in [-0.15, -0.1) is 0 Å². The Labute approximate surface area is 214 Å². The molecule has 186 valence electrons. The van der Waals surface area contributed by atoms with Gasteiger partial charge in [-0.25, -0.2) is 8.42 Å². The first-order valence-corrected chi connectivity index (χ1v) is 13.6. The molecule has 5 nitrogen and oxygen atoms in total. The van der Waals surface area contributed by atoms with Crippen molar-refractivity contribution in [1.82, 2.24) is 0 Å². The van der Waals surface area contributed by atoms with Crippen molar-refractivity contribution in [1.29, 1.82) is 0 Å². The van der Waals surface area contributed by atoms with Gasteiger partial charge in [-0.2, -0.15) is 0 Å². The second kappa shape index (κ2) is 12.0. The minimum Gasteiger partial charge on any atom is -0.385 e. The van der Waals surface area contributed by atoms with Crippen LogP contribution < -0.4 is 9.21 Å². The predicted molar refractivity (Wildman–Crippen MR) is 144 cm³/mol. The predicted octanol–water partition coefficient (Wildman–Crippen LogP) is 3.84. The molecular weight excluding hydrogens is 468 g/mol. The van der Waals surface area contributed by atoms with Gasteiger partial charge in [0.15, 0.2) is 0 Å². The van der Waals surface area contributed by atoms with E-state index >= 15 is 0 Å². The van der Waals surface area contributed by atoms with E-state index in [0.29, 0.717) is 17.8 Å². The number of hydrogen-bond acceptors (Lipinski definition) is 3. The first-order chi connectivity index (χ1) is 17.4. The minimum absolute atomic E-state index is 0.0340. The summed E-state index contributed by atoms with van der Waals surface area (Å²) < 4.78 is 28.9. The van der Waals surface area contributed by atoms with E-state index in [2.05, 4.69) is 24.3 Å². The van der Waals surface area contributed by atoms with E-state index in [4.69, 9.17) is 0 Å². The normalized spacial score (nSPS) is 12.4. The van der Waals surface area contributed by atoms with Crippen molar-refractivity contribution in [3.63, 3.8) is 0 Å². The molecule has 0 aliphatic rings. The van der Waals surface area contributed by atoms with Crippen LogP contribution in [0, 0.1) is 6.92 Å². The Morgan fingerprint density at radius 2 is 1.19 bits per heavy atom. The fourth-order valence-corrected chi connectivity index (χ4v) is 6.20. The van der Waals surface area contributed by atoms with E-state index in [0.717, 1.165) is 18.0 Å². The quantitative estimate of drug-likeness (QED) is 0.328. The molecule has 0 radical (unpaired) electrons. The van der Waals surface area contributed by atoms with Crippen LogP contribution in [0.1, 0.15) is 16.7 Å². The van der Waals surface area contributed by atoms with E-state index in [-0.39, 0.29) is 11.4 Å². The fourth-order valence-electron chi connectivity index (χ4n) is 4.47. The van der Waals surface area contributed by atoms with E-state index in [9.17, 15) is 13.5 Å². The number of quaternary nitrogens is 1. The van der Waals surface area contributed by atoms with Crippen LogP contribution in [-0.4, -0.2) is 32.7 Å². The standard InChI is InChI=1S/C30H32N2O3S/c1-25-13-11-12-20-30(25)36(34,35)32(28-18-9-4-10-19-28)24-29(33)23-31(21-26-14-5-2-6-15-26)22-27-16-7-3-8-17-27/h2-20,29,33H,21-24H2,1H3/p+1/t29-/m0/s1. The average molecular weight is 502 g/mol. The lowest BCUT2D eigenvalue weighted by Crippen LogP contribution is -3.10. The Morgan fingerprint density at radius 3 is 1.72 bits per heavy atom. The summed E-state index contributed by atoms with van der Waals surface area (Å²) in [6, 6.07) is 36.3. The molecule has 36 heavy (non-hydrogen) atoms. The zero-order chi connectivity index (χ0) is 25.4. The highest BCUT2D eigenvalue weighted by molar-refractivity contribution is 7.92. The first-order valence-electron chi connectivity index (χ1n) is 12.2. The van der Waals surface area contributed by atoms with Crippen molar-refractivity contribution < 1.29 is 18.4 Å². The number of aliphatic hydroxyl groups excluding tert-OH is 1. The minimum atomic E-state index is -3.87. The summed E-state index contributed by atoms with van der Waals surface area (Å²) in [6.07, 6.45) is -0.869. The number of aryl methyl sites for hydroxylation is 1. The summed E-state index contributed by atoms with van der Waals surface area (Å²) in [5, 5.41) is 11.3. The monoisotopic (exact) mass is 501 g/mol. The number of aliphatic hydroxyl groups is 1. The molecule has 2 N–H and O–H groups in total. The van der Waals surface area contributed by atoms with E-state index < -0.39 is 16.1 Å². The van der Waals surface area contributed by atoms with Crippen molar-refractivity contribution >= 4 is 15.7 Å². The molecule has 0 aromatic heterocycles. The average Bonchev–Trinajstić information content (AvgIpc) is 2.89. The number of hydrogen-bond donors (Lipinski definition) is 2. The van der Waals surface area contributed by atoms with Gasteiger partial charge in [0.25, 0.3) is 10.0 Å². The van der Waals surface area contributed by atoms with Gasteiger partial charge in [0.1, 0.15) is 25.7 Å². The maximum Gasteiger partial charge on any atom is 0.264 e. The molecule has 0 unspecified atom stereocenters. The Balaban J connectivity index is 1.59. The van der Waals surface area contributed by atoms with Crippen LogP contribution in [0.4, 0.5) is 5.69 Å². The summed E-state index contributed by atoms with van der Waals surface area (Å²) in [5.41, 5.74) is 3.55. The lowest BCUT2D eigenvalue weighted by molar-refractivity contribution is -0.930. The third kappa shape index (κ3) is 6.61. The Hall–Kier alpha value is -3.45. The Kier molecular flexibility index (Phi) is 8.54. The molecule has 0 aliphatic heterocycles. The molecule has 6 heteroatoms. The molecule has 0 spiro atoms. The summed E-state index contributed by atoms with van der Waals surface area (Å²) in [4.78, 5) is 1.40. The van der Waals surface area contributed by atoms with Gasteiger partial charge in [-0.05, 0) is 30.7 Å². The number of para-hydroxylation sites is 1. The highest BCUT2D eigenvalue weighted by Crippen LogP contribution is 2.25. The topological polar surface area (TPSA) is 62.0 Å². The summed E-state index contributed by atoms with van der Waals surface area (Å²) in [6.45, 7) is 3.60. The molecule has 1 atom stereocenters. The molecule has 4 aromatic carbocycles. The number of anilines is 1. The van der Waals surface area contributed by atoms with Crippen molar-refractivity contribution in [2.24, 2.45) is 0 Å². The number of nitrogens with one attached hydrogen (secondary N) is 1. The van der Waals surface area contributed by atoms with Gasteiger partial charge >= 0.3 is 0 Å². The third-order valence-electron chi connectivity index (χ3n) is 6.20. The second-order valence-electron chi connectivity index (χ2n) is 9.07. The Morgan fingerprint density at radius 1 is 0.722 bits per heavy atom. The molecule has 0 saturated heterocycles. The molecule has 0 saturated carbocycles. The zero-order valence-corrected chi connectivity index (χ0v) is 21.3. The lowest BCUT2D eigenvalue weighted by Gasteiger charge is -2.29. The van der Waals surface area contributed by atoms with Crippen LogP contribution in [0.15, 0.2) is 120 Å². The largest absolute Gasteiger partial charge is 0.385 e. The summed E-state index contributed by atoms with van der Waals surface area (Å²) in [7, 11) is -3.87. The van der Waals surface area contributed by atoms with E-state index in [1.165, 1.54) is 15.4 Å². The highest BCUT2D eigenvalue weighted by atomic mass is 32.2. The van der Waals surface area contributed by atoms with Crippen LogP contribution in [0.25, 0.3) is 0 Å². The van der Waals surface area contributed by atoms with Crippen molar-refractivity contribution in [2.45, 2.75) is 31.0 Å². The number of benzene rings is 4. The zero-order valence-electron chi connectivity index (χ0n) is 20.5. The number of rotatable bonds is 11. The van der Waals surface area contributed by atoms with Crippen LogP contribution in [-0.2, 0) is 23.1 Å². The van der Waals surface area contributed by atoms with Crippen LogP contribution in [0.3, 0.4) is 0 Å². The number of nitrogens with zero attached hydrogens (tertiary/aromatic N) is 1. The van der Waals surface area contributed by atoms with E-state index in [1.807, 2.05) is 60.7 Å². The maximum atomic E-state index is 13.8. The van der Waals surface area contributed by atoms with Gasteiger partial charge in [-0.3, -0.25) is 4.31 Å². The van der Waals surface area contributed by atoms with Gasteiger partial charge in [0.05, 0.1) is 17.1 Å². The molecule has 4 aromatic rings. The Bertz CT molecular complexity index is 1290. The molecule has 0 bridgehead atoms. The molecule has 0 amide bonds. The SMILES string of the molecule is Cc1ccccc1S(=O)(=O)N(C[C@@H](O)C[NH+](Cc1ccccc1)Cc1ccccc1)c1ccccc1. The molecular formula is C30H33N2O3S+. The van der Waals surface area contributed by atoms with Crippen molar-refractivity contribution in [2.75, 3.05) is 17.4 Å². The van der Waals surface area contributed by atoms with Gasteiger partial charge < -0.3 is 10.0 Å². The van der Waals surface area contributed by atoms with Crippen LogP contribution in [0.5, 0.6) is 0 Å². The molecule has 0 aliphatic carbocycles. The maximum absolute atomic E-state index is 13.8. The smallest absolute Gasteiger partial charge is 0.264 e. The number of sulfonamides is 1. The van der Waals surface area contributed by atoms with Gasteiger partial charge in [0, 0.05) is 11.1 Å². The molecule has 4 rings (SSSR count). The van der Waals surface area contributed by atoms with Gasteiger partial charge in [-0.1, -0.05) is 97.1 Å². The van der Waals surface area contributed by atoms with Crippen LogP contribution >= 0.6 is 0 Å². The summed E-state index contributed by atoms with van der Waals surface area (Å²) in [5.74, 6) is 0. The third-order valence-corrected chi connectivity index (χ3v) is 8.15. The highest BCUT2D eigenvalue weighted by Gasteiger charge is 2.29. The molecule has 0 fully saturated rings. The molecule has 0 heterocycles. The second-order valence-corrected chi connectivity index (χ2v) is 10.9. The van der Waals surface area contributed by atoms with Gasteiger partial charge in [0.2, 0.25) is 0 Å². The lowest BCUT2D eigenvalue weighted by atomic mass is 10.1. The van der Waals surface area contributed by atoms with E-state index in [1.54, 1.807) is 37.3 Å². The van der Waals surface area contributed by atoms with Crippen molar-refractivity contribution in [3.8, 4) is 0 Å². The first kappa shape index (κ1) is 25.6. The summed E-state index contributed by atoms with van der Waals surface area (Å²) >= 11 is 0. The van der Waals surface area contributed by atoms with Crippen LogP contribution in [0.2, 0.25) is 0 Å².